The van der Waals surface area contributed by atoms with Gasteiger partial charge in [-0.3, -0.25) is 9.59 Å². The number of carboxylic acids is 1. The summed E-state index contributed by atoms with van der Waals surface area (Å²) in [4.78, 5) is 22.4. The topological polar surface area (TPSA) is 89.6 Å². The molecular weight excluding hydrogens is 488 g/mol. The Balaban J connectivity index is 2.97. The Hall–Kier alpha value is -0.420. The van der Waals surface area contributed by atoms with E-state index in [1.165, 1.54) is 0 Å². The molecule has 0 saturated heterocycles. The van der Waals surface area contributed by atoms with Crippen LogP contribution in [0.2, 0.25) is 0 Å². The van der Waals surface area contributed by atoms with Gasteiger partial charge in [0, 0.05) is 0 Å². The first kappa shape index (κ1) is 17.6. The third-order valence-electron chi connectivity index (χ3n) is 2.50. The van der Waals surface area contributed by atoms with Crippen molar-refractivity contribution < 1.29 is 19.4 Å². The molecular formula is C13H15I2NO4. The van der Waals surface area contributed by atoms with Crippen molar-refractivity contribution in [3.63, 3.8) is 0 Å². The molecule has 7 heteroatoms. The first-order valence-electron chi connectivity index (χ1n) is 5.90. The van der Waals surface area contributed by atoms with E-state index in [0.717, 1.165) is 12.7 Å². The number of carboxylic acid groups (broad SMARTS) is 1. The van der Waals surface area contributed by atoms with Crippen molar-refractivity contribution in [2.45, 2.75) is 26.3 Å². The van der Waals surface area contributed by atoms with E-state index >= 15 is 0 Å². The molecule has 110 valence electrons. The van der Waals surface area contributed by atoms with Crippen LogP contribution in [0.1, 0.15) is 19.4 Å². The van der Waals surface area contributed by atoms with Crippen molar-refractivity contribution in [1.82, 2.24) is 0 Å². The monoisotopic (exact) mass is 503 g/mol. The Bertz CT molecular complexity index is 508. The Morgan fingerprint density at radius 2 is 1.80 bits per heavy atom. The minimum absolute atomic E-state index is 0.207. The van der Waals surface area contributed by atoms with Crippen LogP contribution >= 0.6 is 45.2 Å². The number of esters is 1. The quantitative estimate of drug-likeness (QED) is 0.366. The molecule has 1 unspecified atom stereocenters. The molecule has 0 amide bonds. The number of ether oxygens (including phenoxy) is 1. The first-order valence-corrected chi connectivity index (χ1v) is 8.06. The maximum atomic E-state index is 11.6. The van der Waals surface area contributed by atoms with Gasteiger partial charge in [0.05, 0.1) is 13.1 Å². The van der Waals surface area contributed by atoms with Gasteiger partial charge in [0.25, 0.3) is 0 Å². The predicted molar refractivity (Wildman–Crippen MR) is 91.7 cm³/mol. The lowest BCUT2D eigenvalue weighted by Gasteiger charge is -2.13. The van der Waals surface area contributed by atoms with Crippen LogP contribution in [-0.2, 0) is 16.0 Å². The van der Waals surface area contributed by atoms with Crippen LogP contribution in [0, 0.1) is 13.1 Å². The highest BCUT2D eigenvalue weighted by Crippen LogP contribution is 2.30. The second kappa shape index (κ2) is 7.55. The van der Waals surface area contributed by atoms with Crippen LogP contribution in [0.3, 0.4) is 0 Å². The van der Waals surface area contributed by atoms with E-state index in [-0.39, 0.29) is 18.3 Å². The zero-order valence-corrected chi connectivity index (χ0v) is 15.3. The SMILES string of the molecule is CC(C)C(=O)Oc1c(I)cc(CC(N)C(=O)O)cc1I. The van der Waals surface area contributed by atoms with Gasteiger partial charge in [-0.05, 0) is 69.3 Å². The fourth-order valence-corrected chi connectivity index (χ4v) is 3.50. The van der Waals surface area contributed by atoms with Crippen LogP contribution in [0.15, 0.2) is 12.1 Å². The smallest absolute Gasteiger partial charge is 0.320 e. The van der Waals surface area contributed by atoms with E-state index in [9.17, 15) is 9.59 Å². The number of nitrogens with two attached hydrogens (primary N) is 1. The number of aliphatic carboxylic acids is 1. The van der Waals surface area contributed by atoms with Crippen LogP contribution in [0.25, 0.3) is 0 Å². The molecule has 0 bridgehead atoms. The zero-order chi connectivity index (χ0) is 15.4. The molecule has 1 atom stereocenters. The van der Waals surface area contributed by atoms with Crippen molar-refractivity contribution in [3.05, 3.63) is 24.8 Å². The maximum Gasteiger partial charge on any atom is 0.320 e. The van der Waals surface area contributed by atoms with E-state index in [0.29, 0.717) is 5.75 Å². The average molecular weight is 503 g/mol. The summed E-state index contributed by atoms with van der Waals surface area (Å²) >= 11 is 4.12. The van der Waals surface area contributed by atoms with Crippen molar-refractivity contribution in [2.75, 3.05) is 0 Å². The molecule has 1 aromatic carbocycles. The van der Waals surface area contributed by atoms with Gasteiger partial charge in [-0.15, -0.1) is 0 Å². The number of rotatable bonds is 5. The molecule has 0 aliphatic heterocycles. The van der Waals surface area contributed by atoms with E-state index in [1.54, 1.807) is 26.0 Å². The summed E-state index contributed by atoms with van der Waals surface area (Å²) in [5.74, 6) is -1.03. The van der Waals surface area contributed by atoms with Crippen LogP contribution in [-0.4, -0.2) is 23.1 Å². The molecule has 5 nitrogen and oxygen atoms in total. The van der Waals surface area contributed by atoms with E-state index in [4.69, 9.17) is 15.6 Å². The number of carbonyl (C=O) groups excluding carboxylic acids is 1. The maximum absolute atomic E-state index is 11.6. The lowest BCUT2D eigenvalue weighted by atomic mass is 10.1. The molecule has 0 fully saturated rings. The van der Waals surface area contributed by atoms with Gasteiger partial charge in [0.1, 0.15) is 6.04 Å². The number of hydrogen-bond donors (Lipinski definition) is 2. The molecule has 0 aliphatic carbocycles. The summed E-state index contributed by atoms with van der Waals surface area (Å²) in [6.07, 6.45) is 0.236. The molecule has 0 radical (unpaired) electrons. The highest BCUT2D eigenvalue weighted by Gasteiger charge is 2.18. The number of hydrogen-bond acceptors (Lipinski definition) is 4. The number of benzene rings is 1. The second-order valence-corrected chi connectivity index (χ2v) is 6.94. The van der Waals surface area contributed by atoms with E-state index < -0.39 is 12.0 Å². The standard InChI is InChI=1S/C13H15I2NO4/c1-6(2)13(19)20-11-8(14)3-7(4-9(11)15)5-10(16)12(17)18/h3-4,6,10H,5,16H2,1-2H3,(H,17,18). The molecule has 1 aromatic rings. The normalized spacial score (nSPS) is 12.3. The van der Waals surface area contributed by atoms with Crippen molar-refractivity contribution in [3.8, 4) is 5.75 Å². The fourth-order valence-electron chi connectivity index (χ4n) is 1.39. The van der Waals surface area contributed by atoms with Gasteiger partial charge in [-0.1, -0.05) is 13.8 Å². The van der Waals surface area contributed by atoms with E-state index in [2.05, 4.69) is 45.2 Å². The molecule has 20 heavy (non-hydrogen) atoms. The predicted octanol–water partition coefficient (Wildman–Crippen LogP) is 2.41. The van der Waals surface area contributed by atoms with Crippen molar-refractivity contribution in [2.24, 2.45) is 11.7 Å². The van der Waals surface area contributed by atoms with Gasteiger partial charge >= 0.3 is 11.9 Å². The van der Waals surface area contributed by atoms with Crippen LogP contribution < -0.4 is 10.5 Å². The van der Waals surface area contributed by atoms with Gasteiger partial charge in [0.2, 0.25) is 0 Å². The number of carbonyl (C=O) groups is 2. The molecule has 0 aliphatic rings. The summed E-state index contributed by atoms with van der Waals surface area (Å²) in [5.41, 5.74) is 6.32. The highest BCUT2D eigenvalue weighted by atomic mass is 127. The van der Waals surface area contributed by atoms with E-state index in [1.807, 2.05) is 0 Å². The van der Waals surface area contributed by atoms with Gasteiger partial charge in [-0.2, -0.15) is 0 Å². The highest BCUT2D eigenvalue weighted by molar-refractivity contribution is 14.1. The summed E-state index contributed by atoms with van der Waals surface area (Å²) in [6, 6.07) is 2.63. The van der Waals surface area contributed by atoms with Gasteiger partial charge in [-0.25, -0.2) is 0 Å². The van der Waals surface area contributed by atoms with Gasteiger partial charge < -0.3 is 15.6 Å². The molecule has 1 rings (SSSR count). The molecule has 0 aromatic heterocycles. The largest absolute Gasteiger partial charge is 0.480 e. The Kier molecular flexibility index (Phi) is 6.65. The summed E-state index contributed by atoms with van der Waals surface area (Å²) in [7, 11) is 0. The summed E-state index contributed by atoms with van der Waals surface area (Å²) in [5, 5.41) is 8.82. The minimum Gasteiger partial charge on any atom is -0.480 e. The lowest BCUT2D eigenvalue weighted by molar-refractivity contribution is -0.139. The molecule has 0 spiro atoms. The zero-order valence-electron chi connectivity index (χ0n) is 11.0. The Morgan fingerprint density at radius 1 is 1.30 bits per heavy atom. The minimum atomic E-state index is -1.04. The first-order chi connectivity index (χ1) is 9.22. The second-order valence-electron chi connectivity index (χ2n) is 4.61. The fraction of sp³-hybridized carbons (Fsp3) is 0.385. The third-order valence-corrected chi connectivity index (χ3v) is 4.11. The molecule has 0 saturated carbocycles. The number of halogens is 2. The van der Waals surface area contributed by atoms with Crippen LogP contribution in [0.4, 0.5) is 0 Å². The summed E-state index contributed by atoms with van der Waals surface area (Å²) < 4.78 is 6.86. The van der Waals surface area contributed by atoms with Crippen molar-refractivity contribution in [1.29, 1.82) is 0 Å². The Morgan fingerprint density at radius 3 is 2.20 bits per heavy atom. The third kappa shape index (κ3) is 4.85. The molecule has 0 heterocycles. The molecule has 3 N–H and O–H groups in total. The van der Waals surface area contributed by atoms with Gasteiger partial charge in [0.15, 0.2) is 5.75 Å². The van der Waals surface area contributed by atoms with Crippen molar-refractivity contribution >= 4 is 57.1 Å². The average Bonchev–Trinajstić information content (AvgIpc) is 2.33. The summed E-state index contributed by atoms with van der Waals surface area (Å²) in [6.45, 7) is 3.53. The van der Waals surface area contributed by atoms with Crippen LogP contribution in [0.5, 0.6) is 5.75 Å². The Labute approximate surface area is 144 Å². The lowest BCUT2D eigenvalue weighted by Crippen LogP contribution is -2.32.